The molecule has 0 spiro atoms. The van der Waals surface area contributed by atoms with Crippen LogP contribution in [0.25, 0.3) is 0 Å². The van der Waals surface area contributed by atoms with E-state index in [0.29, 0.717) is 11.1 Å². The molecule has 0 aromatic carbocycles. The van der Waals surface area contributed by atoms with Gasteiger partial charge in [-0.25, -0.2) is 4.79 Å². The molecule has 164 valence electrons. The molecule has 0 aromatic heterocycles. The van der Waals surface area contributed by atoms with E-state index < -0.39 is 16.9 Å². The highest BCUT2D eigenvalue weighted by atomic mass is 16.5. The fourth-order valence-electron chi connectivity index (χ4n) is 5.82. The van der Waals surface area contributed by atoms with E-state index in [1.165, 1.54) is 6.08 Å². The third-order valence-electron chi connectivity index (χ3n) is 7.03. The zero-order valence-corrected chi connectivity index (χ0v) is 18.9. The van der Waals surface area contributed by atoms with Gasteiger partial charge in [0.15, 0.2) is 5.76 Å². The second-order valence-electron chi connectivity index (χ2n) is 10.2. The average Bonchev–Trinajstić information content (AvgIpc) is 2.61. The van der Waals surface area contributed by atoms with Crippen LogP contribution in [0, 0.1) is 22.7 Å². The van der Waals surface area contributed by atoms with Crippen LogP contribution in [-0.4, -0.2) is 34.7 Å². The third-order valence-corrected chi connectivity index (χ3v) is 7.03. The maximum absolute atomic E-state index is 12.9. The SMILES string of the molecule is CC(C)=CC(=O)OC[C@@]1(C)CCC[C@]2(C)C3=C(O)C(=O)C(C(C)C)=CC3=C[C@H](O)[C@@H]12. The fraction of sp³-hybridized carbons (Fsp3) is 0.600. The van der Waals surface area contributed by atoms with Crippen LogP contribution < -0.4 is 0 Å². The molecular weight excluding hydrogens is 380 g/mol. The Kier molecular flexibility index (Phi) is 5.89. The zero-order valence-electron chi connectivity index (χ0n) is 18.9. The van der Waals surface area contributed by atoms with Crippen molar-refractivity contribution >= 4 is 11.8 Å². The second kappa shape index (κ2) is 7.84. The first-order valence-electron chi connectivity index (χ1n) is 10.8. The molecule has 0 radical (unpaired) electrons. The summed E-state index contributed by atoms with van der Waals surface area (Å²) in [5.74, 6) is -1.20. The number of rotatable bonds is 4. The van der Waals surface area contributed by atoms with Crippen LogP contribution in [-0.2, 0) is 14.3 Å². The lowest BCUT2D eigenvalue weighted by Gasteiger charge is -2.56. The Hall–Kier alpha value is -2.14. The minimum atomic E-state index is -0.758. The first kappa shape index (κ1) is 22.5. The minimum absolute atomic E-state index is 0.0177. The van der Waals surface area contributed by atoms with Gasteiger partial charge in [-0.1, -0.05) is 39.7 Å². The molecule has 1 fully saturated rings. The predicted octanol–water partition coefficient (Wildman–Crippen LogP) is 4.59. The quantitative estimate of drug-likeness (QED) is 0.519. The van der Waals surface area contributed by atoms with E-state index in [4.69, 9.17) is 4.74 Å². The molecule has 4 atom stereocenters. The van der Waals surface area contributed by atoms with Gasteiger partial charge in [-0.15, -0.1) is 0 Å². The summed E-state index contributed by atoms with van der Waals surface area (Å²) in [6, 6.07) is 0. The molecule has 3 aliphatic rings. The number of aliphatic hydroxyl groups excluding tert-OH is 2. The molecule has 5 heteroatoms. The molecule has 2 N–H and O–H groups in total. The van der Waals surface area contributed by atoms with Gasteiger partial charge in [0.1, 0.15) is 0 Å². The van der Waals surface area contributed by atoms with E-state index in [1.54, 1.807) is 6.08 Å². The third kappa shape index (κ3) is 3.68. The smallest absolute Gasteiger partial charge is 0.330 e. The summed E-state index contributed by atoms with van der Waals surface area (Å²) in [4.78, 5) is 25.0. The summed E-state index contributed by atoms with van der Waals surface area (Å²) in [5, 5.41) is 22.1. The summed E-state index contributed by atoms with van der Waals surface area (Å²) in [5.41, 5.74) is 1.75. The van der Waals surface area contributed by atoms with Gasteiger partial charge in [0.05, 0.1) is 12.7 Å². The molecular formula is C25H34O5. The number of carbonyl (C=O) groups is 2. The Morgan fingerprint density at radius 3 is 2.57 bits per heavy atom. The number of fused-ring (bicyclic) bond motifs is 3. The molecule has 0 unspecified atom stereocenters. The number of Topliss-reactive ketones (excluding diaryl/α,β-unsaturated/α-hetero) is 1. The number of allylic oxidation sites excluding steroid dienone is 5. The number of esters is 1. The monoisotopic (exact) mass is 414 g/mol. The van der Waals surface area contributed by atoms with E-state index in [0.717, 1.165) is 30.4 Å². The molecule has 0 aliphatic heterocycles. The van der Waals surface area contributed by atoms with Crippen molar-refractivity contribution in [3.8, 4) is 0 Å². The summed E-state index contributed by atoms with van der Waals surface area (Å²) in [6.07, 6.45) is 6.70. The Morgan fingerprint density at radius 1 is 1.30 bits per heavy atom. The molecule has 0 bridgehead atoms. The van der Waals surface area contributed by atoms with Gasteiger partial charge in [0, 0.05) is 34.0 Å². The standard InChI is InChI=1S/C25H34O5/c1-14(2)10-19(27)30-13-24(5)8-7-9-25(6)20-16(12-18(26)23(24)25)11-17(15(3)4)21(28)22(20)29/h10-12,15,18,23,26,29H,7-9,13H2,1-6H3/t18-,23-,24+,25+/m0/s1. The number of hydrogen-bond donors (Lipinski definition) is 2. The van der Waals surface area contributed by atoms with Crippen LogP contribution in [0.15, 0.2) is 46.3 Å². The Balaban J connectivity index is 2.03. The zero-order chi connectivity index (χ0) is 22.4. The highest BCUT2D eigenvalue weighted by molar-refractivity contribution is 6.10. The predicted molar refractivity (Wildman–Crippen MR) is 116 cm³/mol. The lowest BCUT2D eigenvalue weighted by molar-refractivity contribution is -0.149. The lowest BCUT2D eigenvalue weighted by Crippen LogP contribution is -2.54. The minimum Gasteiger partial charge on any atom is -0.504 e. The molecule has 0 saturated heterocycles. The number of ketones is 1. The summed E-state index contributed by atoms with van der Waals surface area (Å²) < 4.78 is 5.57. The van der Waals surface area contributed by atoms with E-state index >= 15 is 0 Å². The van der Waals surface area contributed by atoms with Crippen molar-refractivity contribution in [2.24, 2.45) is 22.7 Å². The fourth-order valence-corrected chi connectivity index (χ4v) is 5.82. The topological polar surface area (TPSA) is 83.8 Å². The van der Waals surface area contributed by atoms with Crippen LogP contribution in [0.2, 0.25) is 0 Å². The van der Waals surface area contributed by atoms with Crippen LogP contribution in [0.1, 0.15) is 60.8 Å². The molecule has 3 aliphatic carbocycles. The Labute approximate surface area is 179 Å². The maximum Gasteiger partial charge on any atom is 0.330 e. The van der Waals surface area contributed by atoms with Crippen LogP contribution in [0.4, 0.5) is 0 Å². The van der Waals surface area contributed by atoms with Crippen molar-refractivity contribution < 1.29 is 24.5 Å². The van der Waals surface area contributed by atoms with E-state index in [9.17, 15) is 19.8 Å². The number of aliphatic hydroxyl groups is 2. The van der Waals surface area contributed by atoms with E-state index in [1.807, 2.05) is 47.6 Å². The number of hydrogen-bond acceptors (Lipinski definition) is 5. The van der Waals surface area contributed by atoms with Crippen LogP contribution >= 0.6 is 0 Å². The van der Waals surface area contributed by atoms with E-state index in [-0.39, 0.29) is 36.0 Å². The Morgan fingerprint density at radius 2 is 1.97 bits per heavy atom. The first-order chi connectivity index (χ1) is 13.9. The van der Waals surface area contributed by atoms with Crippen molar-refractivity contribution in [1.82, 2.24) is 0 Å². The largest absolute Gasteiger partial charge is 0.504 e. The van der Waals surface area contributed by atoms with Crippen molar-refractivity contribution in [3.05, 3.63) is 46.3 Å². The van der Waals surface area contributed by atoms with Gasteiger partial charge in [-0.05, 0) is 50.3 Å². The van der Waals surface area contributed by atoms with Gasteiger partial charge >= 0.3 is 5.97 Å². The highest BCUT2D eigenvalue weighted by Crippen LogP contribution is 2.61. The maximum atomic E-state index is 12.9. The molecule has 0 heterocycles. The molecule has 0 aromatic rings. The summed E-state index contributed by atoms with van der Waals surface area (Å²) in [6.45, 7) is 11.8. The molecule has 5 nitrogen and oxygen atoms in total. The normalized spacial score (nSPS) is 33.4. The Bertz CT molecular complexity index is 883. The van der Waals surface area contributed by atoms with Gasteiger partial charge < -0.3 is 14.9 Å². The van der Waals surface area contributed by atoms with Crippen molar-refractivity contribution in [3.63, 3.8) is 0 Å². The van der Waals surface area contributed by atoms with Gasteiger partial charge in [0.2, 0.25) is 5.78 Å². The summed E-state index contributed by atoms with van der Waals surface area (Å²) >= 11 is 0. The average molecular weight is 415 g/mol. The molecule has 1 saturated carbocycles. The van der Waals surface area contributed by atoms with Crippen LogP contribution in [0.5, 0.6) is 0 Å². The van der Waals surface area contributed by atoms with Gasteiger partial charge in [-0.3, -0.25) is 4.79 Å². The van der Waals surface area contributed by atoms with Gasteiger partial charge in [-0.2, -0.15) is 0 Å². The van der Waals surface area contributed by atoms with Crippen LogP contribution in [0.3, 0.4) is 0 Å². The second-order valence-corrected chi connectivity index (χ2v) is 10.2. The number of carbonyl (C=O) groups excluding carboxylic acids is 2. The van der Waals surface area contributed by atoms with Crippen molar-refractivity contribution in [2.45, 2.75) is 66.9 Å². The van der Waals surface area contributed by atoms with Crippen molar-refractivity contribution in [1.29, 1.82) is 0 Å². The molecule has 30 heavy (non-hydrogen) atoms. The first-order valence-corrected chi connectivity index (χ1v) is 10.8. The van der Waals surface area contributed by atoms with Gasteiger partial charge in [0.25, 0.3) is 0 Å². The molecule has 3 rings (SSSR count). The molecule has 0 amide bonds. The highest BCUT2D eigenvalue weighted by Gasteiger charge is 2.57. The van der Waals surface area contributed by atoms with E-state index in [2.05, 4.69) is 0 Å². The lowest BCUT2D eigenvalue weighted by atomic mass is 9.48. The van der Waals surface area contributed by atoms with Crippen molar-refractivity contribution in [2.75, 3.05) is 6.61 Å². The summed E-state index contributed by atoms with van der Waals surface area (Å²) in [7, 11) is 0. The number of ether oxygens (including phenoxy) is 1.